The summed E-state index contributed by atoms with van der Waals surface area (Å²) < 4.78 is 39.1. The normalized spacial score (nSPS) is 22.3. The summed E-state index contributed by atoms with van der Waals surface area (Å²) in [4.78, 5) is 0.161. The van der Waals surface area contributed by atoms with Crippen molar-refractivity contribution in [3.8, 4) is 0 Å². The van der Waals surface area contributed by atoms with Gasteiger partial charge < -0.3 is 10.2 Å². The molecule has 0 amide bonds. The van der Waals surface area contributed by atoms with Gasteiger partial charge in [-0.25, -0.2) is 12.8 Å². The van der Waals surface area contributed by atoms with Crippen LogP contribution in [0.3, 0.4) is 0 Å². The molecule has 0 heterocycles. The molecule has 128 valence electrons. The van der Waals surface area contributed by atoms with Crippen LogP contribution in [0.1, 0.15) is 17.0 Å². The van der Waals surface area contributed by atoms with Crippen LogP contribution < -0.4 is 0 Å². The third-order valence-corrected chi connectivity index (χ3v) is 7.22. The number of hydrogen-bond acceptors (Lipinski definition) is 4. The van der Waals surface area contributed by atoms with E-state index in [9.17, 15) is 23.0 Å². The van der Waals surface area contributed by atoms with E-state index in [0.717, 1.165) is 5.56 Å². The van der Waals surface area contributed by atoms with Crippen LogP contribution in [0.4, 0.5) is 4.39 Å². The van der Waals surface area contributed by atoms with Crippen LogP contribution in [0.25, 0.3) is 0 Å². The molecule has 1 aliphatic carbocycles. The maximum Gasteiger partial charge on any atom is 0.182 e. The molecule has 0 bridgehead atoms. The fourth-order valence-electron chi connectivity index (χ4n) is 3.42. The zero-order valence-corrected chi connectivity index (χ0v) is 14.0. The van der Waals surface area contributed by atoms with E-state index >= 15 is 0 Å². The second kappa shape index (κ2) is 5.95. The molecule has 2 unspecified atom stereocenters. The van der Waals surface area contributed by atoms with Crippen molar-refractivity contribution in [2.45, 2.75) is 23.0 Å². The SMILES string of the molecule is Cc1ccc(S(=O)(=O)C2C(c3ccc(F)cc3)C2(CO)CO)cc1. The van der Waals surface area contributed by atoms with Crippen molar-refractivity contribution in [1.82, 2.24) is 0 Å². The molecule has 0 radical (unpaired) electrons. The maximum atomic E-state index is 13.1. The van der Waals surface area contributed by atoms with Crippen molar-refractivity contribution < 1.29 is 23.0 Å². The van der Waals surface area contributed by atoms with Crippen LogP contribution in [0, 0.1) is 18.2 Å². The Hall–Kier alpha value is -1.76. The van der Waals surface area contributed by atoms with E-state index < -0.39 is 45.5 Å². The van der Waals surface area contributed by atoms with E-state index in [0.29, 0.717) is 5.56 Å². The Bertz CT molecular complexity index is 824. The topological polar surface area (TPSA) is 74.6 Å². The second-order valence-electron chi connectivity index (χ2n) is 6.36. The minimum absolute atomic E-state index is 0.161. The minimum atomic E-state index is -3.74. The molecular formula is C18H19FO4S. The van der Waals surface area contributed by atoms with Gasteiger partial charge in [0, 0.05) is 11.3 Å². The predicted molar refractivity (Wildman–Crippen MR) is 87.9 cm³/mol. The smallest absolute Gasteiger partial charge is 0.182 e. The van der Waals surface area contributed by atoms with Crippen molar-refractivity contribution >= 4 is 9.84 Å². The van der Waals surface area contributed by atoms with Crippen LogP contribution in [0.15, 0.2) is 53.4 Å². The summed E-state index contributed by atoms with van der Waals surface area (Å²) in [6.07, 6.45) is 0. The lowest BCUT2D eigenvalue weighted by molar-refractivity contribution is 0.130. The van der Waals surface area contributed by atoms with Crippen molar-refractivity contribution in [2.24, 2.45) is 5.41 Å². The highest BCUT2D eigenvalue weighted by Crippen LogP contribution is 2.63. The van der Waals surface area contributed by atoms with Gasteiger partial charge in [-0.3, -0.25) is 0 Å². The van der Waals surface area contributed by atoms with Crippen molar-refractivity contribution in [3.63, 3.8) is 0 Å². The number of hydrogen-bond donors (Lipinski definition) is 2. The molecule has 1 aliphatic rings. The quantitative estimate of drug-likeness (QED) is 0.865. The monoisotopic (exact) mass is 350 g/mol. The molecule has 0 spiro atoms. The van der Waals surface area contributed by atoms with E-state index in [1.54, 1.807) is 12.1 Å². The van der Waals surface area contributed by atoms with Crippen molar-refractivity contribution in [2.75, 3.05) is 13.2 Å². The summed E-state index contributed by atoms with van der Waals surface area (Å²) in [7, 11) is -3.74. The third-order valence-electron chi connectivity index (χ3n) is 4.88. The number of benzene rings is 2. The first-order valence-corrected chi connectivity index (χ1v) is 9.19. The third kappa shape index (κ3) is 2.55. The summed E-state index contributed by atoms with van der Waals surface area (Å²) in [5.74, 6) is -0.990. The summed E-state index contributed by atoms with van der Waals surface area (Å²) in [6.45, 7) is 0.948. The Balaban J connectivity index is 2.04. The zero-order chi connectivity index (χ0) is 17.5. The van der Waals surface area contributed by atoms with Gasteiger partial charge in [-0.05, 0) is 36.8 Å². The lowest BCUT2D eigenvalue weighted by atomic mass is 10.0. The van der Waals surface area contributed by atoms with Crippen molar-refractivity contribution in [1.29, 1.82) is 0 Å². The average molecular weight is 350 g/mol. The van der Waals surface area contributed by atoms with Crippen LogP contribution in [-0.2, 0) is 9.84 Å². The Labute approximate surface area is 140 Å². The first-order chi connectivity index (χ1) is 11.4. The van der Waals surface area contributed by atoms with Gasteiger partial charge in [0.25, 0.3) is 0 Å². The summed E-state index contributed by atoms with van der Waals surface area (Å²) in [5, 5.41) is 18.6. The lowest BCUT2D eigenvalue weighted by Crippen LogP contribution is -2.23. The lowest BCUT2D eigenvalue weighted by Gasteiger charge is -2.11. The predicted octanol–water partition coefficient (Wildman–Crippen LogP) is 2.04. The Morgan fingerprint density at radius 3 is 2.04 bits per heavy atom. The highest BCUT2D eigenvalue weighted by atomic mass is 32.2. The average Bonchev–Trinajstić information content (AvgIpc) is 3.26. The maximum absolute atomic E-state index is 13.1. The molecule has 1 fully saturated rings. The first kappa shape index (κ1) is 17.1. The molecule has 0 aliphatic heterocycles. The molecule has 2 atom stereocenters. The van der Waals surface area contributed by atoms with E-state index in [-0.39, 0.29) is 4.90 Å². The van der Waals surface area contributed by atoms with Crippen LogP contribution in [-0.4, -0.2) is 37.1 Å². The minimum Gasteiger partial charge on any atom is -0.396 e. The molecule has 6 heteroatoms. The number of rotatable bonds is 5. The van der Waals surface area contributed by atoms with E-state index in [1.807, 2.05) is 6.92 Å². The molecule has 0 aromatic heterocycles. The van der Waals surface area contributed by atoms with Gasteiger partial charge >= 0.3 is 0 Å². The van der Waals surface area contributed by atoms with E-state index in [1.165, 1.54) is 36.4 Å². The summed E-state index contributed by atoms with van der Waals surface area (Å²) >= 11 is 0. The van der Waals surface area contributed by atoms with E-state index in [4.69, 9.17) is 0 Å². The van der Waals surface area contributed by atoms with Gasteiger partial charge in [0.15, 0.2) is 9.84 Å². The van der Waals surface area contributed by atoms with Crippen LogP contribution >= 0.6 is 0 Å². The number of halogens is 1. The molecule has 2 aromatic rings. The Morgan fingerprint density at radius 1 is 1.00 bits per heavy atom. The molecule has 2 aromatic carbocycles. The highest BCUT2D eigenvalue weighted by Gasteiger charge is 2.70. The van der Waals surface area contributed by atoms with Crippen molar-refractivity contribution in [3.05, 3.63) is 65.5 Å². The number of aryl methyl sites for hydroxylation is 1. The van der Waals surface area contributed by atoms with Crippen LogP contribution in [0.2, 0.25) is 0 Å². The standard InChI is InChI=1S/C18H19FO4S/c1-12-2-8-15(9-3-12)24(22,23)17-16(18(17,10-20)11-21)13-4-6-14(19)7-5-13/h2-9,16-17,20-21H,10-11H2,1H3. The van der Waals surface area contributed by atoms with Gasteiger partial charge in [-0.2, -0.15) is 0 Å². The summed E-state index contributed by atoms with van der Waals surface area (Å²) in [6, 6.07) is 12.0. The van der Waals surface area contributed by atoms with Gasteiger partial charge in [0.05, 0.1) is 23.4 Å². The fraction of sp³-hybridized carbons (Fsp3) is 0.333. The first-order valence-electron chi connectivity index (χ1n) is 7.64. The van der Waals surface area contributed by atoms with Gasteiger partial charge in [-0.1, -0.05) is 29.8 Å². The molecule has 2 N–H and O–H groups in total. The van der Waals surface area contributed by atoms with Gasteiger partial charge in [0.2, 0.25) is 0 Å². The molecule has 0 saturated heterocycles. The van der Waals surface area contributed by atoms with Crippen LogP contribution in [0.5, 0.6) is 0 Å². The van der Waals surface area contributed by atoms with E-state index in [2.05, 4.69) is 0 Å². The number of aliphatic hydroxyl groups is 2. The molecule has 3 rings (SSSR count). The molecule has 4 nitrogen and oxygen atoms in total. The molecule has 24 heavy (non-hydrogen) atoms. The number of aliphatic hydroxyl groups excluding tert-OH is 2. The largest absolute Gasteiger partial charge is 0.396 e. The second-order valence-corrected chi connectivity index (χ2v) is 8.43. The van der Waals surface area contributed by atoms with Gasteiger partial charge in [0.1, 0.15) is 5.82 Å². The summed E-state index contributed by atoms with van der Waals surface area (Å²) in [5.41, 5.74) is 0.386. The Kier molecular flexibility index (Phi) is 4.23. The molecular weight excluding hydrogens is 331 g/mol. The highest BCUT2D eigenvalue weighted by molar-refractivity contribution is 7.92. The van der Waals surface area contributed by atoms with Gasteiger partial charge in [-0.15, -0.1) is 0 Å². The molecule has 1 saturated carbocycles. The number of sulfone groups is 1. The Morgan fingerprint density at radius 2 is 1.54 bits per heavy atom. The zero-order valence-electron chi connectivity index (χ0n) is 13.2. The fourth-order valence-corrected chi connectivity index (χ4v) is 5.85.